The third-order valence-electron chi connectivity index (χ3n) is 4.97. The number of halogens is 1. The molecule has 0 radical (unpaired) electrons. The van der Waals surface area contributed by atoms with E-state index in [0.29, 0.717) is 37.4 Å². The normalized spacial score (nSPS) is 15.6. The van der Waals surface area contributed by atoms with Crippen LogP contribution in [-0.2, 0) is 10.0 Å². The van der Waals surface area contributed by atoms with Crippen molar-refractivity contribution < 1.29 is 13.2 Å². The second-order valence-corrected chi connectivity index (χ2v) is 9.80. The van der Waals surface area contributed by atoms with Crippen molar-refractivity contribution >= 4 is 42.8 Å². The zero-order valence-corrected chi connectivity index (χ0v) is 18.1. The lowest BCUT2D eigenvalue weighted by Gasteiger charge is -2.33. The Morgan fingerprint density at radius 2 is 1.72 bits per heavy atom. The molecule has 2 aromatic heterocycles. The van der Waals surface area contributed by atoms with E-state index in [1.165, 1.54) is 10.6 Å². The number of hydrogen-bond acceptors (Lipinski definition) is 5. The average Bonchev–Trinajstić information content (AvgIpc) is 2.72. The van der Waals surface area contributed by atoms with Crippen molar-refractivity contribution in [3.63, 3.8) is 0 Å². The van der Waals surface area contributed by atoms with Gasteiger partial charge in [0.25, 0.3) is 5.91 Å². The highest BCUT2D eigenvalue weighted by Gasteiger charge is 2.28. The molecule has 0 spiro atoms. The minimum atomic E-state index is -3.25. The highest BCUT2D eigenvalue weighted by atomic mass is 79.9. The quantitative estimate of drug-likeness (QED) is 0.582. The number of piperazine rings is 1. The van der Waals surface area contributed by atoms with Crippen LogP contribution in [0.2, 0.25) is 0 Å². The lowest BCUT2D eigenvalue weighted by Crippen LogP contribution is -2.50. The topological polar surface area (TPSA) is 83.5 Å². The fourth-order valence-corrected chi connectivity index (χ4v) is 4.63. The van der Waals surface area contributed by atoms with Crippen LogP contribution in [0, 0.1) is 0 Å². The predicted octanol–water partition coefficient (Wildman–Crippen LogP) is 2.78. The highest BCUT2D eigenvalue weighted by molar-refractivity contribution is 9.10. The van der Waals surface area contributed by atoms with E-state index in [4.69, 9.17) is 4.98 Å². The first kappa shape index (κ1) is 19.9. The molecule has 1 aromatic carbocycles. The van der Waals surface area contributed by atoms with Crippen molar-refractivity contribution in [1.29, 1.82) is 0 Å². The van der Waals surface area contributed by atoms with E-state index in [1.54, 1.807) is 23.4 Å². The molecular weight excluding hydrogens is 456 g/mol. The monoisotopic (exact) mass is 474 g/mol. The van der Waals surface area contributed by atoms with E-state index >= 15 is 0 Å². The number of fused-ring (bicyclic) bond motifs is 1. The zero-order valence-electron chi connectivity index (χ0n) is 15.7. The molecule has 4 rings (SSSR count). The molecule has 0 unspecified atom stereocenters. The SMILES string of the molecule is CS(=O)(=O)N1CCN(C(=O)c2cc(-c3ccncc3)nc3ccc(Br)cc23)CC1. The van der Waals surface area contributed by atoms with Gasteiger partial charge in [-0.25, -0.2) is 13.4 Å². The molecule has 29 heavy (non-hydrogen) atoms. The minimum Gasteiger partial charge on any atom is -0.336 e. The van der Waals surface area contributed by atoms with Crippen LogP contribution < -0.4 is 0 Å². The number of aromatic nitrogens is 2. The van der Waals surface area contributed by atoms with Gasteiger partial charge in [-0.1, -0.05) is 15.9 Å². The molecule has 150 valence electrons. The van der Waals surface area contributed by atoms with Crippen molar-refractivity contribution in [2.24, 2.45) is 0 Å². The molecule has 1 aliphatic heterocycles. The molecule has 3 heterocycles. The molecule has 1 aliphatic rings. The van der Waals surface area contributed by atoms with Crippen molar-refractivity contribution in [2.45, 2.75) is 0 Å². The van der Waals surface area contributed by atoms with Gasteiger partial charge < -0.3 is 4.90 Å². The Balaban J connectivity index is 1.74. The molecule has 0 atom stereocenters. The minimum absolute atomic E-state index is 0.126. The summed E-state index contributed by atoms with van der Waals surface area (Å²) in [7, 11) is -3.25. The summed E-state index contributed by atoms with van der Waals surface area (Å²) in [5, 5.41) is 0.757. The van der Waals surface area contributed by atoms with Crippen LogP contribution >= 0.6 is 15.9 Å². The second-order valence-electron chi connectivity index (χ2n) is 6.91. The first-order valence-corrected chi connectivity index (χ1v) is 11.7. The number of sulfonamides is 1. The molecule has 0 saturated carbocycles. The van der Waals surface area contributed by atoms with Crippen LogP contribution in [0.4, 0.5) is 0 Å². The smallest absolute Gasteiger partial charge is 0.254 e. The molecule has 1 amide bonds. The molecule has 3 aromatic rings. The van der Waals surface area contributed by atoms with Crippen LogP contribution in [0.15, 0.2) is 53.3 Å². The second kappa shape index (κ2) is 7.81. The molecule has 7 nitrogen and oxygen atoms in total. The van der Waals surface area contributed by atoms with Crippen LogP contribution in [0.1, 0.15) is 10.4 Å². The van der Waals surface area contributed by atoms with Gasteiger partial charge in [0.1, 0.15) is 0 Å². The maximum atomic E-state index is 13.4. The third kappa shape index (κ3) is 4.17. The molecular formula is C20H19BrN4O3S. The van der Waals surface area contributed by atoms with Gasteiger partial charge in [-0.05, 0) is 36.4 Å². The van der Waals surface area contributed by atoms with Crippen molar-refractivity contribution in [3.05, 3.63) is 58.8 Å². The summed E-state index contributed by atoms with van der Waals surface area (Å²) in [6.07, 6.45) is 4.57. The number of amides is 1. The Hall–Kier alpha value is -2.36. The van der Waals surface area contributed by atoms with Gasteiger partial charge in [0.2, 0.25) is 10.0 Å². The summed E-state index contributed by atoms with van der Waals surface area (Å²) in [5.41, 5.74) is 2.85. The molecule has 1 saturated heterocycles. The number of rotatable bonds is 3. The average molecular weight is 475 g/mol. The zero-order chi connectivity index (χ0) is 20.6. The standard InChI is InChI=1S/C20H19BrN4O3S/c1-29(27,28)25-10-8-24(9-11-25)20(26)17-13-19(14-4-6-22-7-5-14)23-18-3-2-15(21)12-16(17)18/h2-7,12-13H,8-11H2,1H3. The first-order valence-electron chi connectivity index (χ1n) is 9.08. The summed E-state index contributed by atoms with van der Waals surface area (Å²) in [6.45, 7) is 1.31. The van der Waals surface area contributed by atoms with E-state index in [-0.39, 0.29) is 5.91 Å². The predicted molar refractivity (Wildman–Crippen MR) is 115 cm³/mol. The van der Waals surface area contributed by atoms with Crippen molar-refractivity contribution in [2.75, 3.05) is 32.4 Å². The number of carbonyl (C=O) groups is 1. The Bertz CT molecular complexity index is 1180. The number of benzene rings is 1. The fourth-order valence-electron chi connectivity index (χ4n) is 3.44. The maximum absolute atomic E-state index is 13.4. The largest absolute Gasteiger partial charge is 0.336 e. The van der Waals surface area contributed by atoms with Crippen molar-refractivity contribution in [3.8, 4) is 11.3 Å². The van der Waals surface area contributed by atoms with Gasteiger partial charge in [-0.2, -0.15) is 4.31 Å². The summed E-state index contributed by atoms with van der Waals surface area (Å²) in [6, 6.07) is 11.2. The summed E-state index contributed by atoms with van der Waals surface area (Å²) >= 11 is 3.47. The molecule has 1 fully saturated rings. The molecule has 9 heteroatoms. The Morgan fingerprint density at radius 3 is 2.38 bits per heavy atom. The summed E-state index contributed by atoms with van der Waals surface area (Å²) < 4.78 is 25.8. The van der Waals surface area contributed by atoms with Gasteiger partial charge in [-0.15, -0.1) is 0 Å². The summed E-state index contributed by atoms with van der Waals surface area (Å²) in [5.74, 6) is -0.126. The van der Waals surface area contributed by atoms with E-state index in [2.05, 4.69) is 20.9 Å². The maximum Gasteiger partial charge on any atom is 0.254 e. The summed E-state index contributed by atoms with van der Waals surface area (Å²) in [4.78, 5) is 23.8. The van der Waals surface area contributed by atoms with Gasteiger partial charge in [0.15, 0.2) is 0 Å². The third-order valence-corrected chi connectivity index (χ3v) is 6.77. The molecule has 0 N–H and O–H groups in total. The number of pyridine rings is 2. The number of carbonyl (C=O) groups excluding carboxylic acids is 1. The van der Waals surface area contributed by atoms with Crippen LogP contribution in [-0.4, -0.2) is 65.9 Å². The Kier molecular flexibility index (Phi) is 5.37. The van der Waals surface area contributed by atoms with Crippen LogP contribution in [0.3, 0.4) is 0 Å². The van der Waals surface area contributed by atoms with E-state index < -0.39 is 10.0 Å². The number of hydrogen-bond donors (Lipinski definition) is 0. The van der Waals surface area contributed by atoms with Gasteiger partial charge in [-0.3, -0.25) is 9.78 Å². The van der Waals surface area contributed by atoms with E-state index in [1.807, 2.05) is 30.3 Å². The lowest BCUT2D eigenvalue weighted by molar-refractivity contribution is 0.0700. The fraction of sp³-hybridized carbons (Fsp3) is 0.250. The van der Waals surface area contributed by atoms with Crippen LogP contribution in [0.25, 0.3) is 22.2 Å². The molecule has 0 bridgehead atoms. The van der Waals surface area contributed by atoms with E-state index in [0.717, 1.165) is 20.9 Å². The lowest BCUT2D eigenvalue weighted by atomic mass is 10.0. The van der Waals surface area contributed by atoms with Gasteiger partial charge >= 0.3 is 0 Å². The highest BCUT2D eigenvalue weighted by Crippen LogP contribution is 2.28. The van der Waals surface area contributed by atoms with Crippen LogP contribution in [0.5, 0.6) is 0 Å². The molecule has 0 aliphatic carbocycles. The van der Waals surface area contributed by atoms with Crippen molar-refractivity contribution in [1.82, 2.24) is 19.2 Å². The first-order chi connectivity index (χ1) is 13.8. The van der Waals surface area contributed by atoms with E-state index in [9.17, 15) is 13.2 Å². The Labute approximate surface area is 177 Å². The number of nitrogens with zero attached hydrogens (tertiary/aromatic N) is 4. The Morgan fingerprint density at radius 1 is 1.03 bits per heavy atom. The van der Waals surface area contributed by atoms with Gasteiger partial charge in [0.05, 0.1) is 23.0 Å². The van der Waals surface area contributed by atoms with Gasteiger partial charge in [0, 0.05) is 54.0 Å².